The summed E-state index contributed by atoms with van der Waals surface area (Å²) in [5, 5.41) is 7.26. The van der Waals surface area contributed by atoms with Crippen molar-refractivity contribution in [2.24, 2.45) is 0 Å². The molecule has 122 valence electrons. The third kappa shape index (κ3) is 3.88. The van der Waals surface area contributed by atoms with E-state index in [2.05, 4.69) is 10.2 Å². The molecule has 0 aliphatic carbocycles. The minimum Gasteiger partial charge on any atom is -0.484 e. The average molecular weight is 317 g/mol. The van der Waals surface area contributed by atoms with E-state index in [1.165, 1.54) is 24.3 Å². The number of hydrogen-bond donors (Lipinski definition) is 1. The molecule has 1 amide bonds. The lowest BCUT2D eigenvalue weighted by Crippen LogP contribution is -2.41. The van der Waals surface area contributed by atoms with E-state index in [4.69, 9.17) is 4.74 Å². The quantitative estimate of drug-likeness (QED) is 0.943. The molecule has 2 heterocycles. The fraction of sp³-hybridized carbons (Fsp3) is 0.412. The van der Waals surface area contributed by atoms with Crippen molar-refractivity contribution in [3.8, 4) is 5.75 Å². The number of likely N-dealkylation sites (tertiary alicyclic amines) is 1. The third-order valence-electron chi connectivity index (χ3n) is 4.09. The molecule has 0 unspecified atom stereocenters. The predicted molar refractivity (Wildman–Crippen MR) is 83.8 cm³/mol. The number of aromatic amines is 1. The topological polar surface area (TPSA) is 58.2 Å². The van der Waals surface area contributed by atoms with E-state index in [0.29, 0.717) is 12.3 Å². The Labute approximate surface area is 134 Å². The second-order valence-corrected chi connectivity index (χ2v) is 5.90. The van der Waals surface area contributed by atoms with Crippen LogP contribution < -0.4 is 4.74 Å². The molecule has 1 aromatic carbocycles. The highest BCUT2D eigenvalue weighted by atomic mass is 19.1. The second-order valence-electron chi connectivity index (χ2n) is 5.90. The summed E-state index contributed by atoms with van der Waals surface area (Å²) in [5.41, 5.74) is 2.04. The number of rotatable bonds is 4. The van der Waals surface area contributed by atoms with Gasteiger partial charge in [0.25, 0.3) is 5.91 Å². The van der Waals surface area contributed by atoms with Gasteiger partial charge in [0.1, 0.15) is 11.6 Å². The predicted octanol–water partition coefficient (Wildman–Crippen LogP) is 2.64. The molecular formula is C17H20FN3O2. The number of carbonyl (C=O) groups excluding carboxylic acids is 1. The maximum Gasteiger partial charge on any atom is 0.260 e. The Bertz CT molecular complexity index is 669. The van der Waals surface area contributed by atoms with Crippen LogP contribution in [-0.2, 0) is 4.79 Å². The highest BCUT2D eigenvalue weighted by Gasteiger charge is 2.26. The van der Waals surface area contributed by atoms with E-state index in [1.54, 1.807) is 0 Å². The number of aryl methyl sites for hydroxylation is 1. The number of piperidine rings is 1. The molecule has 1 N–H and O–H groups in total. The lowest BCUT2D eigenvalue weighted by Gasteiger charge is -2.31. The van der Waals surface area contributed by atoms with Gasteiger partial charge in [0.2, 0.25) is 0 Å². The van der Waals surface area contributed by atoms with Gasteiger partial charge in [-0.05, 0) is 50.1 Å². The highest BCUT2D eigenvalue weighted by molar-refractivity contribution is 5.78. The van der Waals surface area contributed by atoms with E-state index >= 15 is 0 Å². The van der Waals surface area contributed by atoms with Crippen LogP contribution in [0.2, 0.25) is 0 Å². The van der Waals surface area contributed by atoms with Crippen LogP contribution in [0, 0.1) is 12.7 Å². The first kappa shape index (κ1) is 15.5. The van der Waals surface area contributed by atoms with Crippen molar-refractivity contribution in [2.75, 3.05) is 19.7 Å². The summed E-state index contributed by atoms with van der Waals surface area (Å²) in [6, 6.07) is 7.71. The molecule has 1 aliphatic rings. The van der Waals surface area contributed by atoms with Crippen molar-refractivity contribution in [3.05, 3.63) is 47.5 Å². The molecule has 2 aromatic rings. The van der Waals surface area contributed by atoms with Gasteiger partial charge in [-0.25, -0.2) is 4.39 Å². The normalized spacial score (nSPS) is 18.0. The van der Waals surface area contributed by atoms with Crippen LogP contribution in [0.3, 0.4) is 0 Å². The molecule has 1 aromatic heterocycles. The first-order chi connectivity index (χ1) is 11.1. The molecule has 3 rings (SSSR count). The monoisotopic (exact) mass is 317 g/mol. The van der Waals surface area contributed by atoms with Gasteiger partial charge < -0.3 is 9.64 Å². The summed E-state index contributed by atoms with van der Waals surface area (Å²) < 4.78 is 18.3. The molecule has 1 fully saturated rings. The van der Waals surface area contributed by atoms with Gasteiger partial charge in [0, 0.05) is 24.7 Å². The van der Waals surface area contributed by atoms with Crippen LogP contribution in [0.25, 0.3) is 0 Å². The number of benzene rings is 1. The number of nitrogens with one attached hydrogen (secondary N) is 1. The van der Waals surface area contributed by atoms with Gasteiger partial charge in [0.15, 0.2) is 6.61 Å². The van der Waals surface area contributed by atoms with Gasteiger partial charge >= 0.3 is 0 Å². The molecular weight excluding hydrogens is 297 g/mol. The summed E-state index contributed by atoms with van der Waals surface area (Å²) in [4.78, 5) is 14.1. The van der Waals surface area contributed by atoms with Crippen LogP contribution in [-0.4, -0.2) is 40.7 Å². The summed E-state index contributed by atoms with van der Waals surface area (Å²) in [6.07, 6.45) is 1.99. The Morgan fingerprint density at radius 2 is 2.22 bits per heavy atom. The minimum atomic E-state index is -0.322. The van der Waals surface area contributed by atoms with Crippen LogP contribution in [0.1, 0.15) is 30.1 Å². The summed E-state index contributed by atoms with van der Waals surface area (Å²) in [5.74, 6) is 0.392. The van der Waals surface area contributed by atoms with Gasteiger partial charge in [-0.1, -0.05) is 0 Å². The Morgan fingerprint density at radius 1 is 1.43 bits per heavy atom. The Morgan fingerprint density at radius 3 is 2.91 bits per heavy atom. The molecule has 1 atom stereocenters. The van der Waals surface area contributed by atoms with Gasteiger partial charge in [-0.15, -0.1) is 0 Å². The zero-order chi connectivity index (χ0) is 16.2. The number of aromatic nitrogens is 2. The van der Waals surface area contributed by atoms with E-state index in [0.717, 1.165) is 30.8 Å². The zero-order valence-electron chi connectivity index (χ0n) is 13.1. The number of H-pyrrole nitrogens is 1. The molecule has 0 spiro atoms. The molecule has 0 bridgehead atoms. The van der Waals surface area contributed by atoms with Crippen molar-refractivity contribution in [1.82, 2.24) is 15.1 Å². The maximum absolute atomic E-state index is 12.8. The SMILES string of the molecule is Cc1cc([C@H]2CCCN(C(=O)COc3ccc(F)cc3)C2)n[nH]1. The Balaban J connectivity index is 1.55. The number of ether oxygens (including phenoxy) is 1. The van der Waals surface area contributed by atoms with Crippen LogP contribution in [0.4, 0.5) is 4.39 Å². The molecule has 0 radical (unpaired) electrons. The molecule has 0 saturated carbocycles. The van der Waals surface area contributed by atoms with Crippen molar-refractivity contribution in [1.29, 1.82) is 0 Å². The lowest BCUT2D eigenvalue weighted by molar-refractivity contribution is -0.134. The van der Waals surface area contributed by atoms with Crippen LogP contribution in [0.5, 0.6) is 5.75 Å². The first-order valence-corrected chi connectivity index (χ1v) is 7.80. The van der Waals surface area contributed by atoms with Crippen molar-refractivity contribution in [3.63, 3.8) is 0 Å². The Kier molecular flexibility index (Phi) is 4.60. The third-order valence-corrected chi connectivity index (χ3v) is 4.09. The summed E-state index contributed by atoms with van der Waals surface area (Å²) >= 11 is 0. The largest absolute Gasteiger partial charge is 0.484 e. The van der Waals surface area contributed by atoms with E-state index in [9.17, 15) is 9.18 Å². The Hall–Kier alpha value is -2.37. The van der Waals surface area contributed by atoms with E-state index < -0.39 is 0 Å². The summed E-state index contributed by atoms with van der Waals surface area (Å²) in [7, 11) is 0. The smallest absolute Gasteiger partial charge is 0.260 e. The number of nitrogens with zero attached hydrogens (tertiary/aromatic N) is 2. The minimum absolute atomic E-state index is 0.0298. The molecule has 6 heteroatoms. The fourth-order valence-corrected chi connectivity index (χ4v) is 2.86. The van der Waals surface area contributed by atoms with Gasteiger partial charge in [0.05, 0.1) is 5.69 Å². The maximum atomic E-state index is 12.8. The first-order valence-electron chi connectivity index (χ1n) is 7.80. The average Bonchev–Trinajstić information content (AvgIpc) is 3.01. The molecule has 1 aliphatic heterocycles. The fourth-order valence-electron chi connectivity index (χ4n) is 2.86. The number of hydrogen-bond acceptors (Lipinski definition) is 3. The van der Waals surface area contributed by atoms with Crippen molar-refractivity contribution < 1.29 is 13.9 Å². The van der Waals surface area contributed by atoms with Crippen LogP contribution >= 0.6 is 0 Å². The lowest BCUT2D eigenvalue weighted by atomic mass is 9.94. The molecule has 1 saturated heterocycles. The highest BCUT2D eigenvalue weighted by Crippen LogP contribution is 2.26. The van der Waals surface area contributed by atoms with Gasteiger partial charge in [-0.3, -0.25) is 9.89 Å². The molecule has 5 nitrogen and oxygen atoms in total. The second kappa shape index (κ2) is 6.81. The number of carbonyl (C=O) groups is 1. The van der Waals surface area contributed by atoms with E-state index in [-0.39, 0.29) is 24.2 Å². The zero-order valence-corrected chi connectivity index (χ0v) is 13.1. The standard InChI is InChI=1S/C17H20FN3O2/c1-12-9-16(20-19-12)13-3-2-8-21(10-13)17(22)11-23-15-6-4-14(18)5-7-15/h4-7,9,13H,2-3,8,10-11H2,1H3,(H,19,20)/t13-/m0/s1. The van der Waals surface area contributed by atoms with Crippen molar-refractivity contribution in [2.45, 2.75) is 25.7 Å². The number of halogens is 1. The van der Waals surface area contributed by atoms with Gasteiger partial charge in [-0.2, -0.15) is 5.10 Å². The molecule has 23 heavy (non-hydrogen) atoms. The summed E-state index contributed by atoms with van der Waals surface area (Å²) in [6.45, 7) is 3.35. The van der Waals surface area contributed by atoms with E-state index in [1.807, 2.05) is 17.9 Å². The van der Waals surface area contributed by atoms with Crippen LogP contribution in [0.15, 0.2) is 30.3 Å². The van der Waals surface area contributed by atoms with Crippen molar-refractivity contribution >= 4 is 5.91 Å². The number of amides is 1.